The minimum absolute atomic E-state index is 0.137. The van der Waals surface area contributed by atoms with Crippen molar-refractivity contribution in [3.05, 3.63) is 59.4 Å². The molecule has 0 aliphatic rings. The number of sulfonamides is 1. The molecule has 0 aromatic heterocycles. The van der Waals surface area contributed by atoms with E-state index in [4.69, 9.17) is 0 Å². The van der Waals surface area contributed by atoms with Crippen molar-refractivity contribution in [3.8, 4) is 0 Å². The molecular formula is C20H25FN2O3S. The molecule has 2 aromatic rings. The Hall–Kier alpha value is -2.41. The third kappa shape index (κ3) is 4.66. The molecule has 0 aliphatic heterocycles. The molecule has 27 heavy (non-hydrogen) atoms. The van der Waals surface area contributed by atoms with E-state index in [0.29, 0.717) is 5.69 Å². The van der Waals surface area contributed by atoms with Gasteiger partial charge in [0.05, 0.1) is 11.9 Å². The third-order valence-electron chi connectivity index (χ3n) is 4.41. The standard InChI is InChI=1S/C20H25FN2O3S/c1-5-15-11-9-10-14(3)19(15)22-20(24)17(6-2)23(27(4,25)26)18-13-8-7-12-16(18)21/h7-13,17H,5-6H2,1-4H3,(H,22,24)/t17-/m1/s1. The molecule has 0 bridgehead atoms. The Morgan fingerprint density at radius 1 is 1.15 bits per heavy atom. The molecule has 0 unspecified atom stereocenters. The molecule has 2 rings (SSSR count). The molecule has 1 N–H and O–H groups in total. The van der Waals surface area contributed by atoms with Crippen LogP contribution < -0.4 is 9.62 Å². The Morgan fingerprint density at radius 3 is 2.37 bits per heavy atom. The highest BCUT2D eigenvalue weighted by Gasteiger charge is 2.33. The predicted octanol–water partition coefficient (Wildman–Crippen LogP) is 3.88. The monoisotopic (exact) mass is 392 g/mol. The lowest BCUT2D eigenvalue weighted by Gasteiger charge is -2.30. The van der Waals surface area contributed by atoms with Gasteiger partial charge in [-0.15, -0.1) is 0 Å². The summed E-state index contributed by atoms with van der Waals surface area (Å²) in [5.74, 6) is -1.19. The van der Waals surface area contributed by atoms with Gasteiger partial charge in [-0.05, 0) is 43.0 Å². The van der Waals surface area contributed by atoms with Gasteiger partial charge in [0.2, 0.25) is 15.9 Å². The summed E-state index contributed by atoms with van der Waals surface area (Å²) >= 11 is 0. The number of halogens is 1. The number of nitrogens with zero attached hydrogens (tertiary/aromatic N) is 1. The van der Waals surface area contributed by atoms with Crippen LogP contribution in [0.1, 0.15) is 31.4 Å². The van der Waals surface area contributed by atoms with Crippen LogP contribution in [0, 0.1) is 12.7 Å². The summed E-state index contributed by atoms with van der Waals surface area (Å²) < 4.78 is 40.0. The van der Waals surface area contributed by atoms with Crippen molar-refractivity contribution in [1.29, 1.82) is 0 Å². The first kappa shape index (κ1) is 20.9. The first-order chi connectivity index (χ1) is 12.7. The second-order valence-corrected chi connectivity index (χ2v) is 8.25. The van der Waals surface area contributed by atoms with Crippen molar-refractivity contribution in [2.75, 3.05) is 15.9 Å². The van der Waals surface area contributed by atoms with E-state index in [-0.39, 0.29) is 12.1 Å². The van der Waals surface area contributed by atoms with Crippen LogP contribution in [0.15, 0.2) is 42.5 Å². The third-order valence-corrected chi connectivity index (χ3v) is 5.57. The highest BCUT2D eigenvalue weighted by molar-refractivity contribution is 7.92. The molecule has 0 saturated carbocycles. The van der Waals surface area contributed by atoms with E-state index in [1.54, 1.807) is 6.92 Å². The number of amides is 1. The van der Waals surface area contributed by atoms with Crippen molar-refractivity contribution >= 4 is 27.3 Å². The van der Waals surface area contributed by atoms with E-state index in [9.17, 15) is 17.6 Å². The number of anilines is 2. The summed E-state index contributed by atoms with van der Waals surface area (Å²) in [5, 5.41) is 2.86. The number of carbonyl (C=O) groups is 1. The Balaban J connectivity index is 2.47. The van der Waals surface area contributed by atoms with E-state index < -0.39 is 27.8 Å². The van der Waals surface area contributed by atoms with Crippen LogP contribution in [-0.4, -0.2) is 26.6 Å². The van der Waals surface area contributed by atoms with Crippen LogP contribution in [0.4, 0.5) is 15.8 Å². The van der Waals surface area contributed by atoms with Gasteiger partial charge >= 0.3 is 0 Å². The predicted molar refractivity (Wildman–Crippen MR) is 107 cm³/mol. The number of aryl methyl sites for hydroxylation is 2. The van der Waals surface area contributed by atoms with Crippen molar-refractivity contribution in [2.45, 2.75) is 39.7 Å². The summed E-state index contributed by atoms with van der Waals surface area (Å²) in [7, 11) is -3.88. The molecule has 2 aromatic carbocycles. The van der Waals surface area contributed by atoms with Crippen LogP contribution in [0.25, 0.3) is 0 Å². The lowest BCUT2D eigenvalue weighted by atomic mass is 10.0. The fraction of sp³-hybridized carbons (Fsp3) is 0.350. The maximum Gasteiger partial charge on any atom is 0.248 e. The largest absolute Gasteiger partial charge is 0.324 e. The van der Waals surface area contributed by atoms with Gasteiger partial charge in [-0.1, -0.05) is 44.2 Å². The zero-order valence-corrected chi connectivity index (χ0v) is 16.8. The van der Waals surface area contributed by atoms with Gasteiger partial charge in [-0.3, -0.25) is 9.10 Å². The number of hydrogen-bond donors (Lipinski definition) is 1. The van der Waals surface area contributed by atoms with E-state index in [1.807, 2.05) is 32.0 Å². The summed E-state index contributed by atoms with van der Waals surface area (Å²) in [6, 6.07) is 10.2. The molecule has 0 spiro atoms. The van der Waals surface area contributed by atoms with E-state index in [1.165, 1.54) is 24.3 Å². The molecule has 1 amide bonds. The molecular weight excluding hydrogens is 367 g/mol. The van der Waals surface area contributed by atoms with Gasteiger partial charge in [0.15, 0.2) is 0 Å². The molecule has 7 heteroatoms. The number of nitrogens with one attached hydrogen (secondary N) is 1. The number of rotatable bonds is 7. The lowest BCUT2D eigenvalue weighted by Crippen LogP contribution is -2.47. The molecule has 1 atom stereocenters. The maximum atomic E-state index is 14.3. The van der Waals surface area contributed by atoms with Crippen LogP contribution >= 0.6 is 0 Å². The number of benzene rings is 2. The minimum Gasteiger partial charge on any atom is -0.324 e. The van der Waals surface area contributed by atoms with Gasteiger partial charge in [0, 0.05) is 5.69 Å². The Kier molecular flexibility index (Phi) is 6.59. The minimum atomic E-state index is -3.88. The maximum absolute atomic E-state index is 14.3. The molecule has 0 fully saturated rings. The summed E-state index contributed by atoms with van der Waals surface area (Å²) in [6.45, 7) is 5.55. The quantitative estimate of drug-likeness (QED) is 0.778. The van der Waals surface area contributed by atoms with Crippen LogP contribution in [0.5, 0.6) is 0 Å². The first-order valence-electron chi connectivity index (χ1n) is 8.84. The fourth-order valence-corrected chi connectivity index (χ4v) is 4.29. The lowest BCUT2D eigenvalue weighted by molar-refractivity contribution is -0.117. The SMILES string of the molecule is CCc1cccc(C)c1NC(=O)[C@@H](CC)N(c1ccccc1F)S(C)(=O)=O. The van der Waals surface area contributed by atoms with Gasteiger partial charge in [0.1, 0.15) is 11.9 Å². The van der Waals surface area contributed by atoms with Crippen molar-refractivity contribution in [2.24, 2.45) is 0 Å². The van der Waals surface area contributed by atoms with Crippen molar-refractivity contribution in [3.63, 3.8) is 0 Å². The first-order valence-corrected chi connectivity index (χ1v) is 10.7. The summed E-state index contributed by atoms with van der Waals surface area (Å²) in [6.07, 6.45) is 1.89. The van der Waals surface area contributed by atoms with Gasteiger partial charge in [0.25, 0.3) is 0 Å². The average molecular weight is 392 g/mol. The van der Waals surface area contributed by atoms with Gasteiger partial charge in [-0.2, -0.15) is 0 Å². The molecule has 0 aliphatic carbocycles. The zero-order chi connectivity index (χ0) is 20.2. The molecule has 0 radical (unpaired) electrons. The molecule has 5 nitrogen and oxygen atoms in total. The molecule has 146 valence electrons. The topological polar surface area (TPSA) is 66.5 Å². The number of carbonyl (C=O) groups excluding carboxylic acids is 1. The van der Waals surface area contributed by atoms with E-state index in [2.05, 4.69) is 5.32 Å². The Bertz CT molecular complexity index is 929. The fourth-order valence-electron chi connectivity index (χ4n) is 3.07. The normalized spacial score (nSPS) is 12.5. The smallest absolute Gasteiger partial charge is 0.248 e. The number of para-hydroxylation sites is 2. The van der Waals surface area contributed by atoms with Crippen LogP contribution in [0.3, 0.4) is 0 Å². The Labute approximate surface area is 160 Å². The Morgan fingerprint density at radius 2 is 1.81 bits per heavy atom. The zero-order valence-electron chi connectivity index (χ0n) is 16.0. The van der Waals surface area contributed by atoms with E-state index in [0.717, 1.165) is 28.1 Å². The summed E-state index contributed by atoms with van der Waals surface area (Å²) in [4.78, 5) is 13.0. The van der Waals surface area contributed by atoms with Crippen molar-refractivity contribution < 1.29 is 17.6 Å². The highest BCUT2D eigenvalue weighted by atomic mass is 32.2. The van der Waals surface area contributed by atoms with Gasteiger partial charge in [-0.25, -0.2) is 12.8 Å². The van der Waals surface area contributed by atoms with Crippen LogP contribution in [0.2, 0.25) is 0 Å². The van der Waals surface area contributed by atoms with Crippen molar-refractivity contribution in [1.82, 2.24) is 0 Å². The number of hydrogen-bond acceptors (Lipinski definition) is 3. The summed E-state index contributed by atoms with van der Waals surface area (Å²) in [5.41, 5.74) is 2.37. The van der Waals surface area contributed by atoms with Gasteiger partial charge < -0.3 is 5.32 Å². The van der Waals surface area contributed by atoms with Crippen LogP contribution in [-0.2, 0) is 21.2 Å². The second-order valence-electron chi connectivity index (χ2n) is 6.39. The highest BCUT2D eigenvalue weighted by Crippen LogP contribution is 2.27. The molecule has 0 heterocycles. The average Bonchev–Trinajstić information content (AvgIpc) is 2.61. The second kappa shape index (κ2) is 8.52. The molecule has 0 saturated heterocycles. The van der Waals surface area contributed by atoms with E-state index >= 15 is 0 Å².